The van der Waals surface area contributed by atoms with E-state index in [2.05, 4.69) is 26.6 Å². The highest BCUT2D eigenvalue weighted by atomic mass is 79.9. The second-order valence-corrected chi connectivity index (χ2v) is 13.4. The maximum absolute atomic E-state index is 14.2. The zero-order valence-corrected chi connectivity index (χ0v) is 24.5. The van der Waals surface area contributed by atoms with Gasteiger partial charge in [-0.25, -0.2) is 0 Å². The number of nitrogens with one attached hydrogen (secondary N) is 2. The Labute approximate surface area is 231 Å². The first-order valence-corrected chi connectivity index (χ1v) is 15.0. The van der Waals surface area contributed by atoms with Crippen LogP contribution in [0.4, 0.5) is 5.69 Å². The number of likely N-dealkylation sites (tertiary alicyclic amines) is 1. The van der Waals surface area contributed by atoms with E-state index >= 15 is 0 Å². The summed E-state index contributed by atoms with van der Waals surface area (Å²) in [5.41, 5.74) is 0.630. The minimum Gasteiger partial charge on any atom is -0.494 e. The van der Waals surface area contributed by atoms with Crippen molar-refractivity contribution in [3.8, 4) is 5.75 Å². The summed E-state index contributed by atoms with van der Waals surface area (Å²) >= 11 is 5.38. The van der Waals surface area contributed by atoms with Crippen LogP contribution < -0.4 is 15.4 Å². The van der Waals surface area contributed by atoms with Crippen LogP contribution in [-0.2, 0) is 14.4 Å². The number of aliphatic hydroxyl groups excluding tert-OH is 1. The molecular formula is C27H38BrN3O5S. The smallest absolute Gasteiger partial charge is 0.244 e. The Kier molecular flexibility index (Phi) is 8.50. The number of hydrogen-bond acceptors (Lipinski definition) is 6. The number of rotatable bonds is 10. The number of hydrogen-bond donors (Lipinski definition) is 3. The van der Waals surface area contributed by atoms with Crippen LogP contribution in [-0.4, -0.2) is 73.9 Å². The average Bonchev–Trinajstić information content (AvgIpc) is 3.44. The molecule has 8 nitrogen and oxygen atoms in total. The van der Waals surface area contributed by atoms with Gasteiger partial charge in [-0.3, -0.25) is 14.4 Å². The van der Waals surface area contributed by atoms with Crippen LogP contribution in [0.1, 0.15) is 47.5 Å². The number of benzene rings is 1. The Hall–Kier alpha value is -1.78. The molecule has 1 spiro atoms. The van der Waals surface area contributed by atoms with Gasteiger partial charge in [0.25, 0.3) is 0 Å². The van der Waals surface area contributed by atoms with Gasteiger partial charge in [0.05, 0.1) is 35.8 Å². The second-order valence-electron chi connectivity index (χ2n) is 10.7. The molecule has 3 amide bonds. The van der Waals surface area contributed by atoms with E-state index in [-0.39, 0.29) is 46.4 Å². The molecule has 3 unspecified atom stereocenters. The summed E-state index contributed by atoms with van der Waals surface area (Å²) < 4.78 is 4.75. The Balaban J connectivity index is 1.70. The largest absolute Gasteiger partial charge is 0.494 e. The number of fused-ring (bicyclic) bond motifs is 1. The van der Waals surface area contributed by atoms with Crippen LogP contribution in [0.5, 0.6) is 5.75 Å². The fourth-order valence-electron chi connectivity index (χ4n) is 6.23. The summed E-state index contributed by atoms with van der Waals surface area (Å²) in [6.07, 6.45) is 1.36. The third-order valence-corrected chi connectivity index (χ3v) is 11.2. The van der Waals surface area contributed by atoms with Crippen LogP contribution >= 0.6 is 27.7 Å². The van der Waals surface area contributed by atoms with Gasteiger partial charge >= 0.3 is 0 Å². The molecule has 4 rings (SSSR count). The zero-order valence-electron chi connectivity index (χ0n) is 22.1. The standard InChI is InChI=1S/C27H38BrN3O5S/c1-6-15(5)19(13-32)31-23(25(34)29-14(3)4)27-12-18(28)22(37-27)20(21(27)26(31)35)24(33)30-16-8-10-17(11-9-16)36-7-2/h8-11,14-15,18-23,32H,6-7,12-13H2,1-5H3,(H,29,34)(H,30,33)/t15-,18?,19-,20+,21-,22+,23?,27?/m0/s1. The summed E-state index contributed by atoms with van der Waals surface area (Å²) in [6.45, 7) is 10.0. The lowest BCUT2D eigenvalue weighted by atomic mass is 9.70. The molecule has 2 bridgehead atoms. The number of ether oxygens (including phenoxy) is 1. The number of alkyl halides is 1. The molecule has 10 heteroatoms. The quantitative estimate of drug-likeness (QED) is 0.358. The fraction of sp³-hybridized carbons (Fsp3) is 0.667. The molecule has 3 aliphatic heterocycles. The first-order valence-electron chi connectivity index (χ1n) is 13.2. The molecular weight excluding hydrogens is 558 g/mol. The molecule has 3 N–H and O–H groups in total. The van der Waals surface area contributed by atoms with Crippen molar-refractivity contribution in [3.05, 3.63) is 24.3 Å². The average molecular weight is 597 g/mol. The van der Waals surface area contributed by atoms with Gasteiger partial charge in [0.15, 0.2) is 0 Å². The van der Waals surface area contributed by atoms with E-state index in [1.807, 2.05) is 34.6 Å². The van der Waals surface area contributed by atoms with E-state index in [0.717, 1.165) is 12.2 Å². The third kappa shape index (κ3) is 4.89. The maximum Gasteiger partial charge on any atom is 0.244 e. The summed E-state index contributed by atoms with van der Waals surface area (Å²) in [5, 5.41) is 16.3. The number of amides is 3. The molecule has 3 saturated heterocycles. The highest BCUT2D eigenvalue weighted by Crippen LogP contribution is 2.68. The van der Waals surface area contributed by atoms with Crippen LogP contribution in [0, 0.1) is 17.8 Å². The van der Waals surface area contributed by atoms with Crippen LogP contribution in [0.25, 0.3) is 0 Å². The first-order chi connectivity index (χ1) is 17.6. The fourth-order valence-corrected chi connectivity index (χ4v) is 9.83. The molecule has 0 radical (unpaired) electrons. The lowest BCUT2D eigenvalue weighted by Crippen LogP contribution is -2.58. The normalized spacial score (nSPS) is 31.8. The first kappa shape index (κ1) is 28.2. The summed E-state index contributed by atoms with van der Waals surface area (Å²) in [7, 11) is 0. The van der Waals surface area contributed by atoms with Crippen LogP contribution in [0.15, 0.2) is 24.3 Å². The van der Waals surface area contributed by atoms with Gasteiger partial charge in [-0.05, 0) is 57.4 Å². The van der Waals surface area contributed by atoms with Gasteiger partial charge in [-0.1, -0.05) is 36.2 Å². The van der Waals surface area contributed by atoms with Crippen molar-refractivity contribution < 1.29 is 24.2 Å². The van der Waals surface area contributed by atoms with Crippen molar-refractivity contribution in [2.24, 2.45) is 17.8 Å². The van der Waals surface area contributed by atoms with Crippen molar-refractivity contribution in [1.29, 1.82) is 0 Å². The SMILES string of the molecule is CCOc1ccc(NC(=O)[C@H]2[C@@H]3SC4(CC3Br)C(C(=O)NC(C)C)N([C@@H](CO)[C@@H](C)CC)C(=O)[C@H]24)cc1. The number of carbonyl (C=O) groups is 3. The number of aliphatic hydroxyl groups is 1. The number of carbonyl (C=O) groups excluding carboxylic acids is 3. The van der Waals surface area contributed by atoms with Gasteiger partial charge in [0, 0.05) is 21.8 Å². The topological polar surface area (TPSA) is 108 Å². The molecule has 3 fully saturated rings. The van der Waals surface area contributed by atoms with E-state index in [0.29, 0.717) is 18.7 Å². The zero-order chi connectivity index (χ0) is 27.1. The molecule has 3 aliphatic rings. The molecule has 3 heterocycles. The van der Waals surface area contributed by atoms with Crippen molar-refractivity contribution in [2.75, 3.05) is 18.5 Å². The summed E-state index contributed by atoms with van der Waals surface area (Å²) in [6, 6.07) is 5.83. The Morgan fingerprint density at radius 3 is 2.46 bits per heavy atom. The summed E-state index contributed by atoms with van der Waals surface area (Å²) in [4.78, 5) is 43.2. The molecule has 8 atom stereocenters. The highest BCUT2D eigenvalue weighted by Gasteiger charge is 2.76. The number of nitrogens with zero attached hydrogens (tertiary/aromatic N) is 1. The maximum atomic E-state index is 14.2. The Morgan fingerprint density at radius 1 is 1.22 bits per heavy atom. The van der Waals surface area contributed by atoms with Crippen molar-refractivity contribution in [3.63, 3.8) is 0 Å². The van der Waals surface area contributed by atoms with Gasteiger partial charge in [-0.15, -0.1) is 11.8 Å². The third-order valence-electron chi connectivity index (χ3n) is 7.99. The highest BCUT2D eigenvalue weighted by molar-refractivity contribution is 9.09. The predicted octanol–water partition coefficient (Wildman–Crippen LogP) is 3.42. The second kappa shape index (κ2) is 11.1. The van der Waals surface area contributed by atoms with Crippen molar-refractivity contribution >= 4 is 51.1 Å². The molecule has 1 aromatic carbocycles. The van der Waals surface area contributed by atoms with E-state index in [1.165, 1.54) is 0 Å². The lowest BCUT2D eigenvalue weighted by Gasteiger charge is -2.39. The van der Waals surface area contributed by atoms with Crippen molar-refractivity contribution in [2.45, 2.75) is 80.4 Å². The van der Waals surface area contributed by atoms with Crippen LogP contribution in [0.3, 0.4) is 0 Å². The van der Waals surface area contributed by atoms with E-state index in [4.69, 9.17) is 4.74 Å². The molecule has 1 aromatic rings. The van der Waals surface area contributed by atoms with Crippen molar-refractivity contribution in [1.82, 2.24) is 10.2 Å². The monoisotopic (exact) mass is 595 g/mol. The Bertz CT molecular complexity index is 1020. The number of anilines is 1. The number of thioether (sulfide) groups is 1. The lowest BCUT2D eigenvalue weighted by molar-refractivity contribution is -0.143. The minimum absolute atomic E-state index is 0.00313. The van der Waals surface area contributed by atoms with Gasteiger partial charge in [0.1, 0.15) is 11.8 Å². The molecule has 0 aromatic heterocycles. The van der Waals surface area contributed by atoms with E-state index in [9.17, 15) is 19.5 Å². The predicted molar refractivity (Wildman–Crippen MR) is 149 cm³/mol. The van der Waals surface area contributed by atoms with E-state index < -0.39 is 28.7 Å². The molecule has 0 saturated carbocycles. The van der Waals surface area contributed by atoms with Gasteiger partial charge in [0.2, 0.25) is 17.7 Å². The number of halogens is 1. The Morgan fingerprint density at radius 2 is 1.89 bits per heavy atom. The molecule has 0 aliphatic carbocycles. The van der Waals surface area contributed by atoms with Crippen LogP contribution in [0.2, 0.25) is 0 Å². The molecule has 37 heavy (non-hydrogen) atoms. The van der Waals surface area contributed by atoms with Gasteiger partial charge < -0.3 is 25.4 Å². The summed E-state index contributed by atoms with van der Waals surface area (Å²) in [5.74, 6) is -1.16. The molecule has 204 valence electrons. The van der Waals surface area contributed by atoms with Gasteiger partial charge in [-0.2, -0.15) is 0 Å². The van der Waals surface area contributed by atoms with E-state index in [1.54, 1.807) is 40.9 Å². The minimum atomic E-state index is -0.753.